The van der Waals surface area contributed by atoms with Crippen LogP contribution in [0.4, 0.5) is 4.39 Å². The number of Topliss-reactive ketones (excluding diaryl/α,β-unsaturated/α-hetero) is 1. The summed E-state index contributed by atoms with van der Waals surface area (Å²) in [6.07, 6.45) is 3.07. The van der Waals surface area contributed by atoms with Crippen LogP contribution in [0.3, 0.4) is 0 Å². The lowest BCUT2D eigenvalue weighted by atomic mass is 10.1. The molecule has 0 N–H and O–H groups in total. The van der Waals surface area contributed by atoms with E-state index in [2.05, 4.69) is 9.97 Å². The van der Waals surface area contributed by atoms with Crippen molar-refractivity contribution in [2.45, 2.75) is 13.5 Å². The predicted octanol–water partition coefficient (Wildman–Crippen LogP) is 2.97. The second-order valence-corrected chi connectivity index (χ2v) is 5.79. The fourth-order valence-electron chi connectivity index (χ4n) is 2.71. The minimum absolute atomic E-state index is 0.0385. The van der Waals surface area contributed by atoms with Gasteiger partial charge in [-0.3, -0.25) is 14.6 Å². The number of ketones is 1. The van der Waals surface area contributed by atoms with E-state index in [1.165, 1.54) is 25.6 Å². The Balaban J connectivity index is 2.22. The number of carbonyl (C=O) groups excluding carboxylic acids is 2. The number of pyridine rings is 2. The van der Waals surface area contributed by atoms with Crippen LogP contribution in [-0.4, -0.2) is 33.7 Å². The van der Waals surface area contributed by atoms with Crippen LogP contribution < -0.4 is 4.74 Å². The molecule has 3 rings (SSSR count). The third kappa shape index (κ3) is 2.98. The van der Waals surface area contributed by atoms with Crippen LogP contribution in [0, 0.1) is 12.7 Å². The van der Waals surface area contributed by atoms with E-state index in [1.54, 1.807) is 17.6 Å². The van der Waals surface area contributed by atoms with Gasteiger partial charge in [-0.2, -0.15) is 0 Å². The number of fused-ring (bicyclic) bond motifs is 1. The van der Waals surface area contributed by atoms with Crippen molar-refractivity contribution in [1.82, 2.24) is 14.5 Å². The average Bonchev–Trinajstić information content (AvgIpc) is 2.87. The van der Waals surface area contributed by atoms with Crippen molar-refractivity contribution in [3.63, 3.8) is 0 Å². The van der Waals surface area contributed by atoms with E-state index in [1.807, 2.05) is 0 Å². The van der Waals surface area contributed by atoms with E-state index >= 15 is 0 Å². The first-order chi connectivity index (χ1) is 12.0. The Hall–Kier alpha value is -2.80. The van der Waals surface area contributed by atoms with Crippen LogP contribution >= 0.6 is 11.6 Å². The molecule has 0 saturated carbocycles. The molecule has 0 aliphatic rings. The molecule has 0 spiro atoms. The molecular weight excluding hydrogens is 349 g/mol. The lowest BCUT2D eigenvalue weighted by Crippen LogP contribution is -2.08. The molecular formula is C17H13ClFN3O3. The molecule has 0 aliphatic carbocycles. The van der Waals surface area contributed by atoms with E-state index in [9.17, 15) is 14.0 Å². The third-order valence-electron chi connectivity index (χ3n) is 3.91. The first kappa shape index (κ1) is 17.0. The molecule has 0 bridgehead atoms. The summed E-state index contributed by atoms with van der Waals surface area (Å²) >= 11 is 5.73. The van der Waals surface area contributed by atoms with Crippen molar-refractivity contribution in [3.05, 3.63) is 52.3 Å². The van der Waals surface area contributed by atoms with E-state index < -0.39 is 11.6 Å². The zero-order valence-corrected chi connectivity index (χ0v) is 14.2. The topological polar surface area (TPSA) is 74.1 Å². The number of hydrogen-bond donors (Lipinski definition) is 0. The molecule has 0 aliphatic heterocycles. The lowest BCUT2D eigenvalue weighted by Gasteiger charge is -2.08. The van der Waals surface area contributed by atoms with Gasteiger partial charge in [-0.05, 0) is 19.1 Å². The number of halogens is 2. The Morgan fingerprint density at radius 2 is 2.12 bits per heavy atom. The number of hydrogen-bond acceptors (Lipinski definition) is 5. The van der Waals surface area contributed by atoms with Gasteiger partial charge in [-0.25, -0.2) is 9.37 Å². The average molecular weight is 362 g/mol. The summed E-state index contributed by atoms with van der Waals surface area (Å²) in [5.74, 6) is -0.799. The van der Waals surface area contributed by atoms with Crippen molar-refractivity contribution >= 4 is 34.7 Å². The number of rotatable bonds is 5. The normalized spacial score (nSPS) is 10.9. The zero-order chi connectivity index (χ0) is 18.1. The van der Waals surface area contributed by atoms with Crippen LogP contribution in [0.25, 0.3) is 11.0 Å². The maximum Gasteiger partial charge on any atom is 0.227 e. The molecule has 0 saturated heterocycles. The number of ether oxygens (including phenoxy) is 1. The summed E-state index contributed by atoms with van der Waals surface area (Å²) in [5.41, 5.74) is 1.28. The van der Waals surface area contributed by atoms with Gasteiger partial charge >= 0.3 is 0 Å². The highest BCUT2D eigenvalue weighted by Crippen LogP contribution is 2.28. The first-order valence-electron chi connectivity index (χ1n) is 7.28. The number of methoxy groups -OCH3 is 1. The molecule has 6 nitrogen and oxygen atoms in total. The van der Waals surface area contributed by atoms with Gasteiger partial charge in [0.25, 0.3) is 0 Å². The third-order valence-corrected chi connectivity index (χ3v) is 4.12. The minimum Gasteiger partial charge on any atom is -0.495 e. The molecule has 25 heavy (non-hydrogen) atoms. The Morgan fingerprint density at radius 3 is 2.76 bits per heavy atom. The molecule has 128 valence electrons. The molecule has 0 radical (unpaired) electrons. The van der Waals surface area contributed by atoms with Crippen LogP contribution in [0.15, 0.2) is 24.5 Å². The Bertz CT molecular complexity index is 1000. The monoisotopic (exact) mass is 361 g/mol. The van der Waals surface area contributed by atoms with E-state index in [4.69, 9.17) is 16.3 Å². The predicted molar refractivity (Wildman–Crippen MR) is 89.7 cm³/mol. The number of nitrogens with zero attached hydrogens (tertiary/aromatic N) is 3. The van der Waals surface area contributed by atoms with Gasteiger partial charge in [0, 0.05) is 17.3 Å². The van der Waals surface area contributed by atoms with Crippen molar-refractivity contribution in [3.8, 4) is 5.75 Å². The van der Waals surface area contributed by atoms with Crippen LogP contribution in [0.2, 0.25) is 5.02 Å². The van der Waals surface area contributed by atoms with Crippen LogP contribution in [-0.2, 0) is 11.3 Å². The fourth-order valence-corrected chi connectivity index (χ4v) is 2.85. The summed E-state index contributed by atoms with van der Waals surface area (Å²) in [5, 5.41) is 0.651. The number of carbonyl (C=O) groups is 2. The number of aldehydes is 1. The highest BCUT2D eigenvalue weighted by atomic mass is 35.5. The van der Waals surface area contributed by atoms with E-state index in [-0.39, 0.29) is 29.1 Å². The Kier molecular flexibility index (Phi) is 4.50. The minimum atomic E-state index is -0.680. The van der Waals surface area contributed by atoms with Gasteiger partial charge in [0.2, 0.25) is 5.78 Å². The van der Waals surface area contributed by atoms with Crippen LogP contribution in [0.5, 0.6) is 5.75 Å². The zero-order valence-electron chi connectivity index (χ0n) is 13.4. The molecule has 8 heteroatoms. The second kappa shape index (κ2) is 6.60. The second-order valence-electron chi connectivity index (χ2n) is 5.36. The fraction of sp³-hybridized carbons (Fsp3) is 0.176. The van der Waals surface area contributed by atoms with Gasteiger partial charge < -0.3 is 9.30 Å². The van der Waals surface area contributed by atoms with E-state index in [0.29, 0.717) is 22.5 Å². The lowest BCUT2D eigenvalue weighted by molar-refractivity contribution is -0.104. The SMILES string of the molecule is COc1cnc2c(c1)c(C(=O)C=O)c(C)n2Cc1ncc(Cl)cc1F. The van der Waals surface area contributed by atoms with Crippen LogP contribution in [0.1, 0.15) is 21.7 Å². The first-order valence-corrected chi connectivity index (χ1v) is 7.66. The van der Waals surface area contributed by atoms with Gasteiger partial charge in [-0.15, -0.1) is 0 Å². The van der Waals surface area contributed by atoms with Crippen molar-refractivity contribution in [1.29, 1.82) is 0 Å². The molecule has 0 fully saturated rings. The van der Waals surface area contributed by atoms with E-state index in [0.717, 1.165) is 0 Å². The molecule has 3 heterocycles. The Labute approximate surface area is 147 Å². The number of aromatic nitrogens is 3. The molecule has 0 amide bonds. The molecule has 0 atom stereocenters. The van der Waals surface area contributed by atoms with Crippen molar-refractivity contribution < 1.29 is 18.7 Å². The summed E-state index contributed by atoms with van der Waals surface area (Å²) in [7, 11) is 1.47. The molecule has 3 aromatic rings. The maximum atomic E-state index is 14.1. The van der Waals surface area contributed by atoms with Crippen molar-refractivity contribution in [2.75, 3.05) is 7.11 Å². The Morgan fingerprint density at radius 1 is 1.36 bits per heavy atom. The standard InChI is InChI=1S/C17H13ClFN3O3/c1-9-16(15(24)8-23)12-4-11(25-2)6-21-17(12)22(9)7-14-13(19)3-10(18)5-20-14/h3-6,8H,7H2,1-2H3. The smallest absolute Gasteiger partial charge is 0.227 e. The van der Waals surface area contributed by atoms with Gasteiger partial charge in [-0.1, -0.05) is 11.6 Å². The van der Waals surface area contributed by atoms with Gasteiger partial charge in [0.15, 0.2) is 6.29 Å². The summed E-state index contributed by atoms with van der Waals surface area (Å²) in [6.45, 7) is 1.70. The van der Waals surface area contributed by atoms with Crippen molar-refractivity contribution in [2.24, 2.45) is 0 Å². The summed E-state index contributed by atoms with van der Waals surface area (Å²) in [4.78, 5) is 31.4. The highest BCUT2D eigenvalue weighted by molar-refractivity contribution is 6.36. The highest BCUT2D eigenvalue weighted by Gasteiger charge is 2.22. The molecule has 0 unspecified atom stereocenters. The largest absolute Gasteiger partial charge is 0.495 e. The molecule has 0 aromatic carbocycles. The van der Waals surface area contributed by atoms with Gasteiger partial charge in [0.1, 0.15) is 17.2 Å². The van der Waals surface area contributed by atoms with Gasteiger partial charge in [0.05, 0.1) is 36.1 Å². The summed E-state index contributed by atoms with van der Waals surface area (Å²) in [6, 6.07) is 2.78. The quantitative estimate of drug-likeness (QED) is 0.397. The molecule has 3 aromatic heterocycles. The maximum absolute atomic E-state index is 14.1. The summed E-state index contributed by atoms with van der Waals surface area (Å²) < 4.78 is 20.9.